The molecule has 4 aromatic rings. The lowest BCUT2D eigenvalue weighted by atomic mass is 9.98. The first kappa shape index (κ1) is 19.1. The van der Waals surface area contributed by atoms with Gasteiger partial charge in [-0.25, -0.2) is 9.97 Å². The fourth-order valence-electron chi connectivity index (χ4n) is 4.00. The van der Waals surface area contributed by atoms with Crippen molar-refractivity contribution >= 4 is 28.3 Å². The van der Waals surface area contributed by atoms with E-state index in [0.29, 0.717) is 23.6 Å². The molecule has 7 N–H and O–H groups in total. The lowest BCUT2D eigenvalue weighted by molar-refractivity contribution is 0.476. The Bertz CT molecular complexity index is 1290. The average Bonchev–Trinajstić information content (AvgIpc) is 3.20. The molecule has 0 amide bonds. The molecular formula is C23H23N7O. The number of nitrogens with two attached hydrogens (primary N) is 1. The number of fused-ring (bicyclic) bond motifs is 2. The smallest absolute Gasteiger partial charge is 0.141 e. The van der Waals surface area contributed by atoms with Gasteiger partial charge in [-0.2, -0.15) is 0 Å². The highest BCUT2D eigenvalue weighted by molar-refractivity contribution is 6.16. The van der Waals surface area contributed by atoms with Gasteiger partial charge in [0.1, 0.15) is 23.7 Å². The number of nitrogen functional groups attached to an aromatic ring is 1. The minimum absolute atomic E-state index is 0.176. The van der Waals surface area contributed by atoms with Gasteiger partial charge in [-0.3, -0.25) is 5.41 Å². The molecule has 2 aromatic carbocycles. The van der Waals surface area contributed by atoms with Crippen LogP contribution in [0.1, 0.15) is 27.9 Å². The van der Waals surface area contributed by atoms with Crippen molar-refractivity contribution in [3.63, 3.8) is 0 Å². The Hall–Kier alpha value is -3.91. The van der Waals surface area contributed by atoms with Gasteiger partial charge in [0.25, 0.3) is 0 Å². The van der Waals surface area contributed by atoms with Crippen LogP contribution in [-0.2, 0) is 19.5 Å². The van der Waals surface area contributed by atoms with Crippen LogP contribution in [0.3, 0.4) is 0 Å². The summed E-state index contributed by atoms with van der Waals surface area (Å²) in [6.07, 6.45) is 2.42. The van der Waals surface area contributed by atoms with Crippen LogP contribution < -0.4 is 16.4 Å². The van der Waals surface area contributed by atoms with Crippen LogP contribution in [0.4, 0.5) is 11.6 Å². The van der Waals surface area contributed by atoms with Crippen molar-refractivity contribution < 1.29 is 5.11 Å². The zero-order valence-corrected chi connectivity index (χ0v) is 16.9. The summed E-state index contributed by atoms with van der Waals surface area (Å²) in [5, 5.41) is 26.0. The Morgan fingerprint density at radius 3 is 2.94 bits per heavy atom. The Balaban J connectivity index is 1.43. The number of rotatable bonds is 5. The topological polar surface area (TPSA) is 136 Å². The van der Waals surface area contributed by atoms with Crippen molar-refractivity contribution in [2.75, 3.05) is 17.6 Å². The summed E-state index contributed by atoms with van der Waals surface area (Å²) in [5.41, 5.74) is 12.0. The van der Waals surface area contributed by atoms with Crippen LogP contribution in [0.15, 0.2) is 48.8 Å². The van der Waals surface area contributed by atoms with E-state index >= 15 is 0 Å². The summed E-state index contributed by atoms with van der Waals surface area (Å²) in [7, 11) is 0. The second-order valence-corrected chi connectivity index (χ2v) is 7.70. The zero-order chi connectivity index (χ0) is 21.4. The molecule has 0 fully saturated rings. The molecule has 0 spiro atoms. The highest BCUT2D eigenvalue weighted by Crippen LogP contribution is 2.26. The van der Waals surface area contributed by atoms with Gasteiger partial charge in [0.2, 0.25) is 0 Å². The van der Waals surface area contributed by atoms with Gasteiger partial charge in [-0.15, -0.1) is 0 Å². The van der Waals surface area contributed by atoms with Gasteiger partial charge in [0.15, 0.2) is 0 Å². The quantitative estimate of drug-likeness (QED) is 0.279. The van der Waals surface area contributed by atoms with Crippen LogP contribution >= 0.6 is 0 Å². The van der Waals surface area contributed by atoms with Gasteiger partial charge in [-0.1, -0.05) is 18.2 Å². The summed E-state index contributed by atoms with van der Waals surface area (Å²) < 4.78 is 0. The van der Waals surface area contributed by atoms with Gasteiger partial charge in [0, 0.05) is 24.0 Å². The van der Waals surface area contributed by atoms with Crippen molar-refractivity contribution in [2.24, 2.45) is 0 Å². The summed E-state index contributed by atoms with van der Waals surface area (Å²) in [4.78, 5) is 11.6. The third-order valence-electron chi connectivity index (χ3n) is 5.62. The fraction of sp³-hybridized carbons (Fsp3) is 0.174. The second kappa shape index (κ2) is 7.73. The number of anilines is 2. The monoisotopic (exact) mass is 413 g/mol. The number of nitrogens with one attached hydrogen (secondary N) is 4. The first-order valence-electron chi connectivity index (χ1n) is 10.2. The zero-order valence-electron chi connectivity index (χ0n) is 16.9. The molecule has 8 nitrogen and oxygen atoms in total. The minimum atomic E-state index is 0.176. The van der Waals surface area contributed by atoms with E-state index in [2.05, 4.69) is 43.8 Å². The van der Waals surface area contributed by atoms with E-state index < -0.39 is 0 Å². The number of aromatic hydroxyl groups is 1. The van der Waals surface area contributed by atoms with Crippen LogP contribution in [0.5, 0.6) is 5.75 Å². The number of phenolic OH excluding ortho intramolecular Hbond substituents is 1. The van der Waals surface area contributed by atoms with Crippen LogP contribution in [0.2, 0.25) is 0 Å². The lowest BCUT2D eigenvalue weighted by Crippen LogP contribution is -2.23. The normalized spacial score (nSPS) is 13.2. The first-order valence-corrected chi connectivity index (χ1v) is 10.2. The Kier molecular flexibility index (Phi) is 4.76. The number of H-pyrrole nitrogens is 1. The molecular weight excluding hydrogens is 390 g/mol. The molecule has 2 aromatic heterocycles. The maximum atomic E-state index is 9.71. The van der Waals surface area contributed by atoms with Gasteiger partial charge >= 0.3 is 0 Å². The van der Waals surface area contributed by atoms with Crippen molar-refractivity contribution in [1.82, 2.24) is 20.3 Å². The van der Waals surface area contributed by atoms with E-state index in [9.17, 15) is 5.11 Å². The minimum Gasteiger partial charge on any atom is -0.508 e. The molecule has 0 unspecified atom stereocenters. The Labute approximate surface area is 179 Å². The molecule has 0 radical (unpaired) electrons. The Morgan fingerprint density at radius 1 is 1.13 bits per heavy atom. The largest absolute Gasteiger partial charge is 0.508 e. The van der Waals surface area contributed by atoms with Crippen molar-refractivity contribution in [3.05, 3.63) is 76.7 Å². The van der Waals surface area contributed by atoms with Gasteiger partial charge < -0.3 is 26.5 Å². The molecule has 8 heteroatoms. The van der Waals surface area contributed by atoms with E-state index in [0.717, 1.165) is 36.0 Å². The summed E-state index contributed by atoms with van der Waals surface area (Å²) in [6, 6.07) is 13.3. The Morgan fingerprint density at radius 2 is 2.03 bits per heavy atom. The van der Waals surface area contributed by atoms with E-state index in [1.807, 2.05) is 6.07 Å². The predicted octanol–water partition coefficient (Wildman–Crippen LogP) is 2.92. The maximum absolute atomic E-state index is 9.71. The van der Waals surface area contributed by atoms with Crippen molar-refractivity contribution in [3.8, 4) is 5.75 Å². The van der Waals surface area contributed by atoms with Crippen LogP contribution in [-0.4, -0.2) is 32.3 Å². The van der Waals surface area contributed by atoms with E-state index in [4.69, 9.17) is 11.1 Å². The number of phenols is 1. The summed E-state index contributed by atoms with van der Waals surface area (Å²) in [6.45, 7) is 2.48. The molecule has 1 aliphatic heterocycles. The number of aromatic nitrogens is 3. The third kappa shape index (κ3) is 3.69. The SMILES string of the molecule is N=C(c1cc2cc(O)ccc2[nH]1)c1c(N)ncnc1NCc1ccc2c(c1)CCNC2. The number of nitrogens with zero attached hydrogens (tertiary/aromatic N) is 2. The van der Waals surface area contributed by atoms with Crippen molar-refractivity contribution in [2.45, 2.75) is 19.5 Å². The summed E-state index contributed by atoms with van der Waals surface area (Å²) >= 11 is 0. The standard InChI is InChI=1S/C23H23N7O/c24-21(19-9-16-8-17(31)3-4-18(16)30-19)20-22(25)28-12-29-23(20)27-10-13-1-2-15-11-26-6-5-14(15)7-13/h1-4,7-9,12,24,26,30-31H,5-6,10-11H2,(H3,25,27,28,29). The number of hydrogen-bond donors (Lipinski definition) is 6. The lowest BCUT2D eigenvalue weighted by Gasteiger charge is -2.18. The third-order valence-corrected chi connectivity index (χ3v) is 5.62. The molecule has 0 saturated carbocycles. The predicted molar refractivity (Wildman–Crippen MR) is 122 cm³/mol. The van der Waals surface area contributed by atoms with E-state index in [-0.39, 0.29) is 17.3 Å². The molecule has 5 rings (SSSR count). The highest BCUT2D eigenvalue weighted by atomic mass is 16.3. The molecule has 0 atom stereocenters. The van der Waals surface area contributed by atoms with E-state index in [1.54, 1.807) is 18.2 Å². The fourth-order valence-corrected chi connectivity index (χ4v) is 4.00. The van der Waals surface area contributed by atoms with Gasteiger partial charge in [-0.05, 0) is 53.9 Å². The van der Waals surface area contributed by atoms with Crippen LogP contribution in [0.25, 0.3) is 10.9 Å². The highest BCUT2D eigenvalue weighted by Gasteiger charge is 2.18. The number of hydrogen-bond acceptors (Lipinski definition) is 7. The van der Waals surface area contributed by atoms with Gasteiger partial charge in [0.05, 0.1) is 17.0 Å². The van der Waals surface area contributed by atoms with E-state index in [1.165, 1.54) is 17.5 Å². The second-order valence-electron chi connectivity index (χ2n) is 7.70. The molecule has 0 saturated heterocycles. The summed E-state index contributed by atoms with van der Waals surface area (Å²) in [5.74, 6) is 0.925. The molecule has 31 heavy (non-hydrogen) atoms. The average molecular weight is 413 g/mol. The first-order chi connectivity index (χ1) is 15.1. The molecule has 0 aliphatic carbocycles. The van der Waals surface area contributed by atoms with Crippen molar-refractivity contribution in [1.29, 1.82) is 5.41 Å². The molecule has 3 heterocycles. The molecule has 1 aliphatic rings. The maximum Gasteiger partial charge on any atom is 0.141 e. The molecule has 0 bridgehead atoms. The number of aromatic amines is 1. The number of benzene rings is 2. The molecule has 156 valence electrons. The van der Waals surface area contributed by atoms with Crippen LogP contribution in [0, 0.1) is 5.41 Å².